The zero-order valence-corrected chi connectivity index (χ0v) is 19.4. The molecule has 0 aliphatic carbocycles. The van der Waals surface area contributed by atoms with Gasteiger partial charge in [-0.1, -0.05) is 54.6 Å². The molecule has 4 rings (SSSR count). The van der Waals surface area contributed by atoms with Gasteiger partial charge < -0.3 is 9.67 Å². The molecule has 1 heterocycles. The second kappa shape index (κ2) is 9.55. The quantitative estimate of drug-likeness (QED) is 0.426. The zero-order chi connectivity index (χ0) is 25.2. The lowest BCUT2D eigenvalue weighted by Gasteiger charge is -2.14. The number of aromatic nitrogens is 1. The number of aromatic hydroxyl groups is 1. The minimum absolute atomic E-state index is 0.0807. The molecule has 1 aromatic heterocycles. The highest BCUT2D eigenvalue weighted by Crippen LogP contribution is 2.24. The first kappa shape index (κ1) is 23.9. The third kappa shape index (κ3) is 5.15. The molecule has 7 nitrogen and oxygen atoms in total. The van der Waals surface area contributed by atoms with E-state index in [1.807, 2.05) is 59.3 Å². The molecule has 0 fully saturated rings. The number of halogens is 1. The normalized spacial score (nSPS) is 11.3. The van der Waals surface area contributed by atoms with Crippen LogP contribution in [0.15, 0.2) is 94.9 Å². The molecule has 0 radical (unpaired) electrons. The van der Waals surface area contributed by atoms with Gasteiger partial charge in [0.2, 0.25) is 5.43 Å². The van der Waals surface area contributed by atoms with Crippen molar-refractivity contribution in [3.63, 3.8) is 0 Å². The molecule has 0 saturated carbocycles. The van der Waals surface area contributed by atoms with Gasteiger partial charge in [0.25, 0.3) is 15.9 Å². The van der Waals surface area contributed by atoms with Crippen molar-refractivity contribution in [3.8, 4) is 16.9 Å². The van der Waals surface area contributed by atoms with Crippen LogP contribution < -0.4 is 10.2 Å². The van der Waals surface area contributed by atoms with Gasteiger partial charge in [0.05, 0.1) is 11.1 Å². The van der Waals surface area contributed by atoms with E-state index in [4.69, 9.17) is 0 Å². The van der Waals surface area contributed by atoms with E-state index in [9.17, 15) is 27.5 Å². The maximum Gasteiger partial charge on any atom is 0.270 e. The summed E-state index contributed by atoms with van der Waals surface area (Å²) in [6.45, 7) is 1.58. The number of rotatable bonds is 6. The van der Waals surface area contributed by atoms with Crippen LogP contribution in [0, 0.1) is 12.7 Å². The summed E-state index contributed by atoms with van der Waals surface area (Å²) in [6, 6.07) is 20.2. The number of aryl methyl sites for hydroxylation is 1. The number of hydrogen-bond acceptors (Lipinski definition) is 5. The molecule has 0 aliphatic rings. The zero-order valence-electron chi connectivity index (χ0n) is 18.6. The Hall–Kier alpha value is -4.24. The molecule has 0 saturated heterocycles. The minimum Gasteiger partial charge on any atom is -0.503 e. The van der Waals surface area contributed by atoms with Crippen LogP contribution in [0.3, 0.4) is 0 Å². The van der Waals surface area contributed by atoms with E-state index in [1.54, 1.807) is 0 Å². The van der Waals surface area contributed by atoms with Gasteiger partial charge in [-0.2, -0.15) is 0 Å². The molecule has 178 valence electrons. The first-order chi connectivity index (χ1) is 16.7. The largest absolute Gasteiger partial charge is 0.503 e. The number of nitrogens with one attached hydrogen (secondary N) is 1. The number of nitrogens with zero attached hydrogens (tertiary/aromatic N) is 1. The van der Waals surface area contributed by atoms with Crippen LogP contribution in [0.25, 0.3) is 11.1 Å². The van der Waals surface area contributed by atoms with Gasteiger partial charge in [0.1, 0.15) is 11.4 Å². The Bertz CT molecular complexity index is 1580. The molecule has 0 atom stereocenters. The fourth-order valence-corrected chi connectivity index (χ4v) is 4.69. The van der Waals surface area contributed by atoms with Crippen molar-refractivity contribution < 1.29 is 22.7 Å². The molecule has 4 aromatic rings. The molecule has 0 aliphatic heterocycles. The van der Waals surface area contributed by atoms with Gasteiger partial charge in [-0.3, -0.25) is 9.59 Å². The van der Waals surface area contributed by atoms with Crippen molar-refractivity contribution in [2.24, 2.45) is 0 Å². The van der Waals surface area contributed by atoms with E-state index in [0.717, 1.165) is 34.9 Å². The molecule has 1 amide bonds. The first-order valence-corrected chi connectivity index (χ1v) is 12.0. The Kier molecular flexibility index (Phi) is 6.52. The highest BCUT2D eigenvalue weighted by Gasteiger charge is 2.23. The van der Waals surface area contributed by atoms with E-state index in [2.05, 4.69) is 0 Å². The number of amides is 1. The fourth-order valence-electron chi connectivity index (χ4n) is 3.64. The van der Waals surface area contributed by atoms with E-state index in [-0.39, 0.29) is 17.0 Å². The highest BCUT2D eigenvalue weighted by molar-refractivity contribution is 7.90. The predicted octanol–water partition coefficient (Wildman–Crippen LogP) is 3.84. The maximum atomic E-state index is 13.5. The van der Waals surface area contributed by atoms with E-state index >= 15 is 0 Å². The lowest BCUT2D eigenvalue weighted by atomic mass is 9.99. The number of benzene rings is 3. The number of carbonyl (C=O) groups excluding carboxylic acids is 1. The summed E-state index contributed by atoms with van der Waals surface area (Å²) in [6.07, 6.45) is 2.36. The number of pyridine rings is 1. The summed E-state index contributed by atoms with van der Waals surface area (Å²) in [4.78, 5) is 24.9. The number of carbonyl (C=O) groups is 1. The predicted molar refractivity (Wildman–Crippen MR) is 129 cm³/mol. The van der Waals surface area contributed by atoms with Crippen LogP contribution in [-0.2, 0) is 16.6 Å². The van der Waals surface area contributed by atoms with Crippen molar-refractivity contribution in [1.82, 2.24) is 9.29 Å². The molecule has 3 aromatic carbocycles. The Morgan fingerprint density at radius 1 is 1.00 bits per heavy atom. The summed E-state index contributed by atoms with van der Waals surface area (Å²) < 4.78 is 42.0. The third-order valence-corrected chi connectivity index (χ3v) is 6.76. The van der Waals surface area contributed by atoms with E-state index in [1.165, 1.54) is 23.9 Å². The molecule has 0 spiro atoms. The standard InChI is InChI=1S/C26H21FN2O5S/c1-17-13-20(11-12-23(17)27)35(33,34)28-26(32)22-15-29(16-24(30)25(22)31)14-19-9-5-6-10-21(19)18-7-3-2-4-8-18/h2-13,15-16,30H,14H2,1H3,(H,28,32). The van der Waals surface area contributed by atoms with Gasteiger partial charge in [-0.05, 0) is 47.4 Å². The molecule has 35 heavy (non-hydrogen) atoms. The van der Waals surface area contributed by atoms with Gasteiger partial charge in [-0.25, -0.2) is 17.5 Å². The van der Waals surface area contributed by atoms with E-state index in [0.29, 0.717) is 0 Å². The topological polar surface area (TPSA) is 105 Å². The van der Waals surface area contributed by atoms with Crippen molar-refractivity contribution in [2.45, 2.75) is 18.4 Å². The lowest BCUT2D eigenvalue weighted by Crippen LogP contribution is -2.34. The van der Waals surface area contributed by atoms with Crippen LogP contribution in [0.5, 0.6) is 5.75 Å². The van der Waals surface area contributed by atoms with Crippen LogP contribution in [0.2, 0.25) is 0 Å². The first-order valence-electron chi connectivity index (χ1n) is 10.6. The molecule has 0 bridgehead atoms. The Morgan fingerprint density at radius 2 is 1.69 bits per heavy atom. The second-order valence-corrected chi connectivity index (χ2v) is 9.61. The SMILES string of the molecule is Cc1cc(S(=O)(=O)NC(=O)c2cn(Cc3ccccc3-c3ccccc3)cc(O)c2=O)ccc1F. The number of sulfonamides is 1. The second-order valence-electron chi connectivity index (χ2n) is 7.93. The van der Waals surface area contributed by atoms with Crippen molar-refractivity contribution in [3.05, 3.63) is 118 Å². The van der Waals surface area contributed by atoms with E-state index < -0.39 is 38.5 Å². The van der Waals surface area contributed by atoms with Gasteiger partial charge in [-0.15, -0.1) is 0 Å². The highest BCUT2D eigenvalue weighted by atomic mass is 32.2. The average Bonchev–Trinajstić information content (AvgIpc) is 2.83. The monoisotopic (exact) mass is 492 g/mol. The summed E-state index contributed by atoms with van der Waals surface area (Å²) in [5, 5.41) is 10.2. The summed E-state index contributed by atoms with van der Waals surface area (Å²) >= 11 is 0. The fraction of sp³-hybridized carbons (Fsp3) is 0.0769. The van der Waals surface area contributed by atoms with Crippen molar-refractivity contribution in [1.29, 1.82) is 0 Å². The van der Waals surface area contributed by atoms with Crippen molar-refractivity contribution in [2.75, 3.05) is 0 Å². The smallest absolute Gasteiger partial charge is 0.270 e. The summed E-state index contributed by atoms with van der Waals surface area (Å²) in [5.74, 6) is -2.51. The Morgan fingerprint density at radius 3 is 2.40 bits per heavy atom. The Labute approximate surface area is 201 Å². The Balaban J connectivity index is 1.66. The molecular formula is C26H21FN2O5S. The van der Waals surface area contributed by atoms with Crippen molar-refractivity contribution >= 4 is 15.9 Å². The molecular weight excluding hydrogens is 471 g/mol. The molecule has 2 N–H and O–H groups in total. The minimum atomic E-state index is -4.39. The van der Waals surface area contributed by atoms with Crippen LogP contribution in [-0.4, -0.2) is 24.0 Å². The molecule has 9 heteroatoms. The van der Waals surface area contributed by atoms with Gasteiger partial charge >= 0.3 is 0 Å². The third-order valence-electron chi connectivity index (χ3n) is 5.43. The van der Waals surface area contributed by atoms with Crippen LogP contribution in [0.1, 0.15) is 21.5 Å². The molecule has 0 unspecified atom stereocenters. The maximum absolute atomic E-state index is 13.5. The summed E-state index contributed by atoms with van der Waals surface area (Å²) in [7, 11) is -4.39. The number of hydrogen-bond donors (Lipinski definition) is 2. The van der Waals surface area contributed by atoms with Gasteiger partial charge in [0.15, 0.2) is 5.75 Å². The summed E-state index contributed by atoms with van der Waals surface area (Å²) in [5.41, 5.74) is 1.25. The van der Waals surface area contributed by atoms with Crippen LogP contribution >= 0.6 is 0 Å². The lowest BCUT2D eigenvalue weighted by molar-refractivity contribution is 0.0979. The van der Waals surface area contributed by atoms with Crippen LogP contribution in [0.4, 0.5) is 4.39 Å². The average molecular weight is 493 g/mol. The van der Waals surface area contributed by atoms with Gasteiger partial charge in [0, 0.05) is 12.7 Å².